The van der Waals surface area contributed by atoms with E-state index >= 15 is 0 Å². The zero-order valence-corrected chi connectivity index (χ0v) is 11.3. The second-order valence-corrected chi connectivity index (χ2v) is 4.11. The van der Waals surface area contributed by atoms with Crippen LogP contribution < -0.4 is 5.43 Å². The predicted octanol–water partition coefficient (Wildman–Crippen LogP) is 4.12. The van der Waals surface area contributed by atoms with Gasteiger partial charge in [0.25, 0.3) is 5.69 Å². The van der Waals surface area contributed by atoms with Crippen LogP contribution in [0.2, 0.25) is 0 Å². The molecule has 2 rings (SSSR count). The van der Waals surface area contributed by atoms with Crippen molar-refractivity contribution in [1.29, 1.82) is 0 Å². The molecule has 106 valence electrons. The maximum atomic E-state index is 10.5. The lowest BCUT2D eigenvalue weighted by atomic mass is 10.3. The van der Waals surface area contributed by atoms with Gasteiger partial charge in [0.05, 0.1) is 16.3 Å². The Kier molecular flexibility index (Phi) is 4.70. The van der Waals surface area contributed by atoms with Crippen LogP contribution in [-0.4, -0.2) is 10.8 Å². The van der Waals surface area contributed by atoms with Crippen LogP contribution in [0.4, 0.5) is 17.1 Å². The Bertz CT molecular complexity index is 666. The lowest BCUT2D eigenvalue weighted by Gasteiger charge is -1.98. The number of rotatable bonds is 4. The summed E-state index contributed by atoms with van der Waals surface area (Å²) in [6.07, 6.45) is 0. The minimum Gasteiger partial charge on any atom is -0.277 e. The molecule has 0 saturated carbocycles. The quantitative estimate of drug-likeness (QED) is 0.300. The first-order valence-electron chi connectivity index (χ1n) is 6.17. The van der Waals surface area contributed by atoms with Crippen molar-refractivity contribution in [1.82, 2.24) is 0 Å². The average Bonchev–Trinajstić information content (AvgIpc) is 2.52. The van der Waals surface area contributed by atoms with E-state index in [1.54, 1.807) is 6.92 Å². The van der Waals surface area contributed by atoms with Crippen LogP contribution in [0, 0.1) is 10.1 Å². The van der Waals surface area contributed by atoms with Crippen LogP contribution >= 0.6 is 0 Å². The summed E-state index contributed by atoms with van der Waals surface area (Å²) < 4.78 is 0. The highest BCUT2D eigenvalue weighted by atomic mass is 16.6. The van der Waals surface area contributed by atoms with Gasteiger partial charge in [0, 0.05) is 12.1 Å². The summed E-state index contributed by atoms with van der Waals surface area (Å²) >= 11 is 0. The molecule has 0 amide bonds. The maximum absolute atomic E-state index is 10.5. The van der Waals surface area contributed by atoms with Crippen molar-refractivity contribution in [2.45, 2.75) is 6.92 Å². The van der Waals surface area contributed by atoms with Gasteiger partial charge in [-0.15, -0.1) is 10.2 Å². The molecule has 0 aliphatic carbocycles. The molecular weight excluding hydrogens is 270 g/mol. The molecular formula is C14H13N5O2. The minimum absolute atomic E-state index is 0.0186. The highest BCUT2D eigenvalue weighted by Crippen LogP contribution is 2.18. The number of anilines is 1. The van der Waals surface area contributed by atoms with E-state index in [1.807, 2.05) is 30.3 Å². The van der Waals surface area contributed by atoms with Gasteiger partial charge >= 0.3 is 0 Å². The number of hydrazone groups is 1. The molecule has 0 spiro atoms. The molecule has 2 aromatic rings. The molecule has 0 unspecified atom stereocenters. The predicted molar refractivity (Wildman–Crippen MR) is 80.8 cm³/mol. The fourth-order valence-electron chi connectivity index (χ4n) is 1.45. The van der Waals surface area contributed by atoms with E-state index < -0.39 is 4.92 Å². The summed E-state index contributed by atoms with van der Waals surface area (Å²) in [6.45, 7) is 1.70. The van der Waals surface area contributed by atoms with Crippen molar-refractivity contribution in [2.75, 3.05) is 5.43 Å². The van der Waals surface area contributed by atoms with Crippen molar-refractivity contribution in [3.8, 4) is 0 Å². The third-order valence-electron chi connectivity index (χ3n) is 2.49. The first-order chi connectivity index (χ1) is 10.1. The third-order valence-corrected chi connectivity index (χ3v) is 2.49. The standard InChI is InChI=1S/C14H13N5O2/c1-11(15-17-12-5-3-2-4-6-12)16-18-13-7-9-14(10-8-13)19(20)21/h2-10,17H,1H3/b15-11+,18-16?. The lowest BCUT2D eigenvalue weighted by molar-refractivity contribution is -0.384. The Morgan fingerprint density at radius 1 is 1.10 bits per heavy atom. The van der Waals surface area contributed by atoms with E-state index in [-0.39, 0.29) is 5.69 Å². The second-order valence-electron chi connectivity index (χ2n) is 4.11. The monoisotopic (exact) mass is 283 g/mol. The van der Waals surface area contributed by atoms with Crippen LogP contribution in [0.15, 0.2) is 69.9 Å². The number of nitro groups is 1. The van der Waals surface area contributed by atoms with Gasteiger partial charge in [0.2, 0.25) is 0 Å². The second kappa shape index (κ2) is 6.90. The number of benzene rings is 2. The molecule has 2 aromatic carbocycles. The number of nitrogens with zero attached hydrogens (tertiary/aromatic N) is 4. The number of para-hydroxylation sites is 1. The summed E-state index contributed by atoms with van der Waals surface area (Å²) in [5.74, 6) is 0.442. The number of amidine groups is 1. The van der Waals surface area contributed by atoms with Gasteiger partial charge in [-0.25, -0.2) is 0 Å². The molecule has 7 heteroatoms. The van der Waals surface area contributed by atoms with Gasteiger partial charge in [0.15, 0.2) is 5.84 Å². The number of azo groups is 1. The smallest absolute Gasteiger partial charge is 0.269 e. The molecule has 0 fully saturated rings. The van der Waals surface area contributed by atoms with Crippen LogP contribution in [0.3, 0.4) is 0 Å². The summed E-state index contributed by atoms with van der Waals surface area (Å²) in [6, 6.07) is 15.3. The fourth-order valence-corrected chi connectivity index (χ4v) is 1.45. The molecule has 7 nitrogen and oxygen atoms in total. The van der Waals surface area contributed by atoms with Gasteiger partial charge in [-0.05, 0) is 31.2 Å². The topological polar surface area (TPSA) is 92.2 Å². The van der Waals surface area contributed by atoms with E-state index in [2.05, 4.69) is 20.8 Å². The maximum Gasteiger partial charge on any atom is 0.269 e. The summed E-state index contributed by atoms with van der Waals surface area (Å²) in [5.41, 5.74) is 4.24. The summed E-state index contributed by atoms with van der Waals surface area (Å²) in [4.78, 5) is 10.1. The summed E-state index contributed by atoms with van der Waals surface area (Å²) in [7, 11) is 0. The molecule has 0 aliphatic heterocycles. The molecule has 0 saturated heterocycles. The van der Waals surface area contributed by atoms with Gasteiger partial charge < -0.3 is 0 Å². The van der Waals surface area contributed by atoms with Crippen LogP contribution in [0.1, 0.15) is 6.92 Å². The third kappa shape index (κ3) is 4.50. The molecule has 1 N–H and O–H groups in total. The number of nitrogens with one attached hydrogen (secondary N) is 1. The molecule has 0 heterocycles. The molecule has 0 bridgehead atoms. The van der Waals surface area contributed by atoms with Crippen molar-refractivity contribution >= 4 is 22.9 Å². The Morgan fingerprint density at radius 3 is 2.38 bits per heavy atom. The molecule has 21 heavy (non-hydrogen) atoms. The zero-order valence-electron chi connectivity index (χ0n) is 11.3. The van der Waals surface area contributed by atoms with E-state index in [9.17, 15) is 10.1 Å². The molecule has 0 aromatic heterocycles. The van der Waals surface area contributed by atoms with Crippen molar-refractivity contribution in [2.24, 2.45) is 15.3 Å². The van der Waals surface area contributed by atoms with Gasteiger partial charge in [-0.3, -0.25) is 15.5 Å². The van der Waals surface area contributed by atoms with E-state index in [4.69, 9.17) is 0 Å². The highest BCUT2D eigenvalue weighted by molar-refractivity contribution is 5.80. The Balaban J connectivity index is 1.98. The van der Waals surface area contributed by atoms with Crippen LogP contribution in [-0.2, 0) is 0 Å². The van der Waals surface area contributed by atoms with E-state index in [0.717, 1.165) is 5.69 Å². The van der Waals surface area contributed by atoms with Gasteiger partial charge in [0.1, 0.15) is 0 Å². The number of nitro benzene ring substituents is 1. The molecule has 0 aliphatic rings. The Labute approximate surface area is 121 Å². The Morgan fingerprint density at radius 2 is 1.76 bits per heavy atom. The number of non-ortho nitro benzene ring substituents is 1. The van der Waals surface area contributed by atoms with Crippen LogP contribution in [0.25, 0.3) is 0 Å². The largest absolute Gasteiger partial charge is 0.277 e. The molecule has 0 radical (unpaired) electrons. The van der Waals surface area contributed by atoms with E-state index in [1.165, 1.54) is 24.3 Å². The SMILES string of the molecule is C/C(N=Nc1ccc([N+](=O)[O-])cc1)=N\Nc1ccccc1. The zero-order chi connectivity index (χ0) is 15.1. The number of hydrogen-bond acceptors (Lipinski definition) is 5. The van der Waals surface area contributed by atoms with Crippen LogP contribution in [0.5, 0.6) is 0 Å². The highest BCUT2D eigenvalue weighted by Gasteiger charge is 2.02. The summed E-state index contributed by atoms with van der Waals surface area (Å²) in [5, 5.41) is 22.5. The first-order valence-corrected chi connectivity index (χ1v) is 6.17. The van der Waals surface area contributed by atoms with Crippen molar-refractivity contribution < 1.29 is 4.92 Å². The van der Waals surface area contributed by atoms with Crippen molar-refractivity contribution in [3.05, 3.63) is 64.7 Å². The van der Waals surface area contributed by atoms with E-state index in [0.29, 0.717) is 11.5 Å². The van der Waals surface area contributed by atoms with Gasteiger partial charge in [-0.1, -0.05) is 18.2 Å². The average molecular weight is 283 g/mol. The lowest BCUT2D eigenvalue weighted by Crippen LogP contribution is -1.93. The Hall–Kier alpha value is -3.09. The minimum atomic E-state index is -0.461. The fraction of sp³-hybridized carbons (Fsp3) is 0.0714. The molecule has 0 atom stereocenters. The van der Waals surface area contributed by atoms with Gasteiger partial charge in [-0.2, -0.15) is 5.10 Å². The normalized spacial score (nSPS) is 11.6. The first kappa shape index (κ1) is 14.3. The number of hydrogen-bond donors (Lipinski definition) is 1. The van der Waals surface area contributed by atoms with Crippen molar-refractivity contribution in [3.63, 3.8) is 0 Å².